The number of hydrogen-bond donors (Lipinski definition) is 2. The van der Waals surface area contributed by atoms with Crippen LogP contribution in [0.1, 0.15) is 13.8 Å². The topological polar surface area (TPSA) is 88.8 Å². The minimum absolute atomic E-state index is 0.0131. The van der Waals surface area contributed by atoms with Gasteiger partial charge < -0.3 is 10.4 Å². The number of anilines is 1. The van der Waals surface area contributed by atoms with Gasteiger partial charge in [-0.05, 0) is 24.4 Å². The largest absolute Gasteiger partial charge is 0.396 e. The lowest BCUT2D eigenvalue weighted by molar-refractivity contribution is 0.226. The van der Waals surface area contributed by atoms with Crippen molar-refractivity contribution in [3.63, 3.8) is 0 Å². The Morgan fingerprint density at radius 1 is 1.37 bits per heavy atom. The van der Waals surface area contributed by atoms with Crippen LogP contribution in [0.3, 0.4) is 0 Å². The van der Waals surface area contributed by atoms with Crippen LogP contribution >= 0.6 is 11.6 Å². The maximum atomic E-state index is 9.11. The lowest BCUT2D eigenvalue weighted by Crippen LogP contribution is -2.27. The summed E-state index contributed by atoms with van der Waals surface area (Å²) >= 11 is 5.88. The molecule has 102 valence electrons. The Bertz CT molecular complexity index is 532. The number of aliphatic hydroxyl groups excluding tert-OH is 1. The molecule has 7 nitrogen and oxygen atoms in total. The Balaban J connectivity index is 2.22. The third-order valence-electron chi connectivity index (χ3n) is 2.83. The zero-order valence-corrected chi connectivity index (χ0v) is 11.4. The Morgan fingerprint density at radius 3 is 2.79 bits per heavy atom. The molecule has 19 heavy (non-hydrogen) atoms. The van der Waals surface area contributed by atoms with Gasteiger partial charge in [0.2, 0.25) is 17.2 Å². The third-order valence-corrected chi connectivity index (χ3v) is 3.00. The van der Waals surface area contributed by atoms with Gasteiger partial charge in [-0.25, -0.2) is 4.98 Å². The average Bonchev–Trinajstić information content (AvgIpc) is 2.90. The lowest BCUT2D eigenvalue weighted by Gasteiger charge is -2.19. The van der Waals surface area contributed by atoms with Gasteiger partial charge in [-0.2, -0.15) is 15.0 Å². The van der Waals surface area contributed by atoms with Gasteiger partial charge in [-0.15, -0.1) is 0 Å². The van der Waals surface area contributed by atoms with Gasteiger partial charge in [0.25, 0.3) is 0 Å². The molecule has 2 rings (SSSR count). The Labute approximate surface area is 115 Å². The monoisotopic (exact) mass is 282 g/mol. The summed E-state index contributed by atoms with van der Waals surface area (Å²) in [6.07, 6.45) is 4.92. The van der Waals surface area contributed by atoms with E-state index in [2.05, 4.69) is 25.3 Å². The molecule has 2 unspecified atom stereocenters. The molecule has 2 heterocycles. The molecule has 0 fully saturated rings. The molecular formula is C11H15ClN6O. The summed E-state index contributed by atoms with van der Waals surface area (Å²) in [5.74, 6) is 0.840. The first-order valence-electron chi connectivity index (χ1n) is 5.87. The molecular weight excluding hydrogens is 268 g/mol. The SMILES string of the molecule is CC(CO)C(C)Nc1nc(Cl)nc(-n2ccnc2)n1. The van der Waals surface area contributed by atoms with Crippen LogP contribution < -0.4 is 5.32 Å². The number of nitrogens with zero attached hydrogens (tertiary/aromatic N) is 5. The van der Waals surface area contributed by atoms with Crippen molar-refractivity contribution in [2.45, 2.75) is 19.9 Å². The second-order valence-corrected chi connectivity index (χ2v) is 4.63. The maximum absolute atomic E-state index is 9.11. The van der Waals surface area contributed by atoms with E-state index in [0.717, 1.165) is 0 Å². The zero-order chi connectivity index (χ0) is 13.8. The van der Waals surface area contributed by atoms with Gasteiger partial charge >= 0.3 is 0 Å². The second kappa shape index (κ2) is 5.94. The highest BCUT2D eigenvalue weighted by atomic mass is 35.5. The highest BCUT2D eigenvalue weighted by Gasteiger charge is 2.14. The summed E-state index contributed by atoms with van der Waals surface area (Å²) < 4.78 is 1.64. The van der Waals surface area contributed by atoms with Crippen LogP contribution in [0.2, 0.25) is 5.28 Å². The van der Waals surface area contributed by atoms with Gasteiger partial charge in [-0.3, -0.25) is 4.57 Å². The highest BCUT2D eigenvalue weighted by Crippen LogP contribution is 2.12. The molecule has 0 bridgehead atoms. The summed E-state index contributed by atoms with van der Waals surface area (Å²) in [5, 5.41) is 12.3. The molecule has 2 aromatic heterocycles. The normalized spacial score (nSPS) is 14.1. The van der Waals surface area contributed by atoms with E-state index in [4.69, 9.17) is 16.7 Å². The Morgan fingerprint density at radius 2 is 2.16 bits per heavy atom. The fourth-order valence-corrected chi connectivity index (χ4v) is 1.56. The van der Waals surface area contributed by atoms with E-state index >= 15 is 0 Å². The van der Waals surface area contributed by atoms with Gasteiger partial charge in [0.05, 0.1) is 0 Å². The fraction of sp³-hybridized carbons (Fsp3) is 0.455. The summed E-state index contributed by atoms with van der Waals surface area (Å²) in [6, 6.07) is 0.0131. The van der Waals surface area contributed by atoms with Crippen LogP contribution in [0.4, 0.5) is 5.95 Å². The van der Waals surface area contributed by atoms with E-state index in [1.807, 2.05) is 13.8 Å². The summed E-state index contributed by atoms with van der Waals surface area (Å²) in [5.41, 5.74) is 0. The van der Waals surface area contributed by atoms with E-state index in [9.17, 15) is 0 Å². The predicted octanol–water partition coefficient (Wildman–Crippen LogP) is 1.14. The Kier molecular flexibility index (Phi) is 4.28. The fourth-order valence-electron chi connectivity index (χ4n) is 1.40. The van der Waals surface area contributed by atoms with Crippen LogP contribution in [0, 0.1) is 5.92 Å². The van der Waals surface area contributed by atoms with Crippen LogP contribution in [-0.2, 0) is 0 Å². The minimum Gasteiger partial charge on any atom is -0.396 e. The minimum atomic E-state index is 0.0131. The van der Waals surface area contributed by atoms with Crippen molar-refractivity contribution in [3.05, 3.63) is 24.0 Å². The highest BCUT2D eigenvalue weighted by molar-refractivity contribution is 6.28. The molecule has 0 aliphatic carbocycles. The molecule has 2 N–H and O–H groups in total. The summed E-state index contributed by atoms with van der Waals surface area (Å²) in [7, 11) is 0. The summed E-state index contributed by atoms with van der Waals surface area (Å²) in [6.45, 7) is 3.95. The number of rotatable bonds is 5. The number of nitrogens with one attached hydrogen (secondary N) is 1. The maximum Gasteiger partial charge on any atom is 0.241 e. The van der Waals surface area contributed by atoms with Gasteiger partial charge in [0, 0.05) is 25.0 Å². The van der Waals surface area contributed by atoms with Crippen molar-refractivity contribution < 1.29 is 5.11 Å². The number of aliphatic hydroxyl groups is 1. The zero-order valence-electron chi connectivity index (χ0n) is 10.7. The first kappa shape index (κ1) is 13.7. The molecule has 2 atom stereocenters. The lowest BCUT2D eigenvalue weighted by atomic mass is 10.1. The van der Waals surface area contributed by atoms with Crippen LogP contribution in [0.25, 0.3) is 5.95 Å². The van der Waals surface area contributed by atoms with Crippen molar-refractivity contribution >= 4 is 17.5 Å². The van der Waals surface area contributed by atoms with Crippen molar-refractivity contribution in [3.8, 4) is 5.95 Å². The first-order chi connectivity index (χ1) is 9.10. The Hall–Kier alpha value is -1.73. The number of imidazole rings is 1. The van der Waals surface area contributed by atoms with Crippen molar-refractivity contribution in [1.82, 2.24) is 24.5 Å². The average molecular weight is 283 g/mol. The quantitative estimate of drug-likeness (QED) is 0.855. The number of hydrogen-bond acceptors (Lipinski definition) is 6. The molecule has 0 spiro atoms. The molecule has 0 saturated carbocycles. The van der Waals surface area contributed by atoms with Gasteiger partial charge in [0.15, 0.2) is 0 Å². The van der Waals surface area contributed by atoms with Crippen LogP contribution in [0.5, 0.6) is 0 Å². The van der Waals surface area contributed by atoms with E-state index in [0.29, 0.717) is 11.9 Å². The second-order valence-electron chi connectivity index (χ2n) is 4.29. The van der Waals surface area contributed by atoms with Crippen molar-refractivity contribution in [2.75, 3.05) is 11.9 Å². The first-order valence-corrected chi connectivity index (χ1v) is 6.25. The van der Waals surface area contributed by atoms with E-state index in [1.165, 1.54) is 0 Å². The molecule has 0 aliphatic heterocycles. The molecule has 0 amide bonds. The smallest absolute Gasteiger partial charge is 0.241 e. The van der Waals surface area contributed by atoms with Crippen LogP contribution in [-0.4, -0.2) is 42.3 Å². The standard InChI is InChI=1S/C11H15ClN6O/c1-7(5-19)8(2)14-10-15-9(12)16-11(17-10)18-4-3-13-6-18/h3-4,6-8,19H,5H2,1-2H3,(H,14,15,16,17). The summed E-state index contributed by atoms with van der Waals surface area (Å²) in [4.78, 5) is 16.2. The van der Waals surface area contributed by atoms with E-state index in [1.54, 1.807) is 23.3 Å². The van der Waals surface area contributed by atoms with Crippen LogP contribution in [0.15, 0.2) is 18.7 Å². The van der Waals surface area contributed by atoms with Crippen molar-refractivity contribution in [1.29, 1.82) is 0 Å². The number of halogens is 1. The number of aromatic nitrogens is 5. The molecule has 0 aromatic carbocycles. The molecule has 0 saturated heterocycles. The molecule has 0 aliphatic rings. The predicted molar refractivity (Wildman–Crippen MR) is 71.3 cm³/mol. The molecule has 2 aromatic rings. The van der Waals surface area contributed by atoms with Gasteiger partial charge in [0.1, 0.15) is 6.33 Å². The third kappa shape index (κ3) is 3.39. The van der Waals surface area contributed by atoms with E-state index < -0.39 is 0 Å². The molecule has 0 radical (unpaired) electrons. The van der Waals surface area contributed by atoms with E-state index in [-0.39, 0.29) is 23.9 Å². The van der Waals surface area contributed by atoms with Crippen molar-refractivity contribution in [2.24, 2.45) is 5.92 Å². The molecule has 8 heteroatoms. The van der Waals surface area contributed by atoms with Gasteiger partial charge in [-0.1, -0.05) is 6.92 Å².